The largest absolute Gasteiger partial charge is 0.489 e. The van der Waals surface area contributed by atoms with Crippen LogP contribution in [0.4, 0.5) is 18.0 Å². The van der Waals surface area contributed by atoms with Crippen LogP contribution in [0.3, 0.4) is 0 Å². The number of aromatic nitrogens is 2. The molecule has 55 heavy (non-hydrogen) atoms. The molecule has 3 atom stereocenters. The maximum Gasteiger partial charge on any atom is 0.435 e. The summed E-state index contributed by atoms with van der Waals surface area (Å²) in [6, 6.07) is 17.1. The number of amides is 2. The van der Waals surface area contributed by atoms with E-state index in [1.165, 1.54) is 12.8 Å². The first-order valence-corrected chi connectivity index (χ1v) is 18.8. The number of benzene rings is 2. The molecule has 0 saturated heterocycles. The molecule has 0 bridgehead atoms. The van der Waals surface area contributed by atoms with Crippen LogP contribution in [0.15, 0.2) is 108 Å². The summed E-state index contributed by atoms with van der Waals surface area (Å²) in [6.07, 6.45) is 8.41. The minimum atomic E-state index is -4.79. The van der Waals surface area contributed by atoms with Crippen LogP contribution in [-0.4, -0.2) is 40.0 Å². The van der Waals surface area contributed by atoms with E-state index in [9.17, 15) is 22.8 Å². The van der Waals surface area contributed by atoms with Crippen molar-refractivity contribution in [1.82, 2.24) is 25.7 Å². The number of halogens is 3. The van der Waals surface area contributed by atoms with Crippen molar-refractivity contribution in [3.63, 3.8) is 0 Å². The van der Waals surface area contributed by atoms with Gasteiger partial charge in [0.15, 0.2) is 5.69 Å². The zero-order valence-corrected chi connectivity index (χ0v) is 32.0. The SMILES string of the molecule is CC1C=CC(OCc2ccccc2)=C(C(NCC2CC2)C2(C)C=C(NC(=O)c3cc(C(F)(F)F)nn3-c3cccc(CNC(=O)OC(C)(C)C)c3)C=CC2)C1. The number of alkyl halides is 3. The quantitative estimate of drug-likeness (QED) is 0.161. The first-order chi connectivity index (χ1) is 26.1. The summed E-state index contributed by atoms with van der Waals surface area (Å²) in [4.78, 5) is 26.2. The van der Waals surface area contributed by atoms with E-state index < -0.39 is 34.9 Å². The number of carbonyl (C=O) groups excluding carboxylic acids is 2. The second-order valence-corrected chi connectivity index (χ2v) is 16.0. The summed E-state index contributed by atoms with van der Waals surface area (Å²) in [5.74, 6) is 0.985. The van der Waals surface area contributed by atoms with Gasteiger partial charge in [-0.25, -0.2) is 9.48 Å². The summed E-state index contributed by atoms with van der Waals surface area (Å²) in [7, 11) is 0. The van der Waals surface area contributed by atoms with Gasteiger partial charge in [-0.2, -0.15) is 18.3 Å². The van der Waals surface area contributed by atoms with Gasteiger partial charge in [0.25, 0.3) is 5.91 Å². The molecule has 1 heterocycles. The number of nitrogens with zero attached hydrogens (tertiary/aromatic N) is 2. The maximum absolute atomic E-state index is 14.0. The number of alkyl carbamates (subject to hydrolysis) is 1. The standard InChI is InChI=1S/C43H50F3N5O4/c1-28-16-19-36(54-27-30-11-7-6-8-12-30)34(21-28)38(47-25-29-17-18-29)42(5)20-10-14-32(24-42)49-39(52)35-23-37(43(44,45)46)50-51(35)33-15-9-13-31(22-33)26-48-40(53)55-41(2,3)4/h6-16,19,22-24,28-29,38,47H,17-18,20-21,25-27H2,1-5H3,(H,48,53)(H,49,52). The Morgan fingerprint density at radius 3 is 2.47 bits per heavy atom. The molecule has 2 amide bonds. The van der Waals surface area contributed by atoms with Crippen LogP contribution in [0, 0.1) is 17.3 Å². The lowest BCUT2D eigenvalue weighted by atomic mass is 9.70. The maximum atomic E-state index is 14.0. The third-order valence-electron chi connectivity index (χ3n) is 9.81. The van der Waals surface area contributed by atoms with E-state index in [2.05, 4.69) is 47.0 Å². The fraction of sp³-hybridized carbons (Fsp3) is 0.419. The van der Waals surface area contributed by atoms with Crippen LogP contribution in [0.1, 0.15) is 87.6 Å². The lowest BCUT2D eigenvalue weighted by molar-refractivity contribution is -0.141. The van der Waals surface area contributed by atoms with E-state index in [4.69, 9.17) is 9.47 Å². The van der Waals surface area contributed by atoms with Gasteiger partial charge in [-0.1, -0.05) is 74.5 Å². The average molecular weight is 758 g/mol. The van der Waals surface area contributed by atoms with Crippen LogP contribution >= 0.6 is 0 Å². The molecule has 12 heteroatoms. The van der Waals surface area contributed by atoms with Gasteiger partial charge in [-0.15, -0.1) is 0 Å². The summed E-state index contributed by atoms with van der Waals surface area (Å²) in [5.41, 5.74) is 0.784. The van der Waals surface area contributed by atoms with Gasteiger partial charge in [0, 0.05) is 29.8 Å². The molecule has 0 radical (unpaired) electrons. The predicted molar refractivity (Wildman–Crippen MR) is 205 cm³/mol. The molecule has 3 aromatic rings. The van der Waals surface area contributed by atoms with Crippen LogP contribution < -0.4 is 16.0 Å². The van der Waals surface area contributed by atoms with Crippen molar-refractivity contribution in [2.45, 2.75) is 91.3 Å². The monoisotopic (exact) mass is 757 g/mol. The Kier molecular flexibility index (Phi) is 11.8. The molecule has 3 aliphatic carbocycles. The Labute approximate surface area is 320 Å². The van der Waals surface area contributed by atoms with Crippen molar-refractivity contribution in [1.29, 1.82) is 0 Å². The molecular formula is C43H50F3N5O4. The zero-order chi connectivity index (χ0) is 39.4. The van der Waals surface area contributed by atoms with Crippen molar-refractivity contribution in [3.05, 3.63) is 131 Å². The van der Waals surface area contributed by atoms with Gasteiger partial charge in [-0.05, 0) is 106 Å². The highest BCUT2D eigenvalue weighted by Gasteiger charge is 2.40. The van der Waals surface area contributed by atoms with E-state index in [1.807, 2.05) is 42.5 Å². The minimum absolute atomic E-state index is 0.0495. The number of nitrogens with one attached hydrogen (secondary N) is 3. The zero-order valence-electron chi connectivity index (χ0n) is 32.0. The van der Waals surface area contributed by atoms with Crippen molar-refractivity contribution >= 4 is 12.0 Å². The third-order valence-corrected chi connectivity index (χ3v) is 9.81. The van der Waals surface area contributed by atoms with Crippen molar-refractivity contribution in [2.24, 2.45) is 17.3 Å². The van der Waals surface area contributed by atoms with E-state index in [-0.39, 0.29) is 24.0 Å². The molecular weight excluding hydrogens is 707 g/mol. The second-order valence-electron chi connectivity index (χ2n) is 16.0. The van der Waals surface area contributed by atoms with E-state index in [0.717, 1.165) is 40.6 Å². The number of ether oxygens (including phenoxy) is 2. The lowest BCUT2D eigenvalue weighted by Gasteiger charge is -2.41. The fourth-order valence-electron chi connectivity index (χ4n) is 6.91. The third kappa shape index (κ3) is 10.6. The molecule has 0 aliphatic heterocycles. The summed E-state index contributed by atoms with van der Waals surface area (Å²) in [6.45, 7) is 10.9. The van der Waals surface area contributed by atoms with Crippen LogP contribution in [0.5, 0.6) is 0 Å². The number of hydrogen-bond acceptors (Lipinski definition) is 6. The number of carbonyl (C=O) groups is 2. The van der Waals surface area contributed by atoms with Crippen LogP contribution in [-0.2, 0) is 28.8 Å². The first kappa shape index (κ1) is 39.6. The van der Waals surface area contributed by atoms with Gasteiger partial charge in [-0.3, -0.25) is 4.79 Å². The van der Waals surface area contributed by atoms with Crippen LogP contribution in [0.25, 0.3) is 5.69 Å². The van der Waals surface area contributed by atoms with E-state index >= 15 is 0 Å². The topological polar surface area (TPSA) is 107 Å². The fourth-order valence-corrected chi connectivity index (χ4v) is 6.91. The van der Waals surface area contributed by atoms with Crippen molar-refractivity contribution < 1.29 is 32.2 Å². The van der Waals surface area contributed by atoms with Gasteiger partial charge < -0.3 is 25.4 Å². The molecule has 2 aromatic carbocycles. The molecule has 292 valence electrons. The number of rotatable bonds is 13. The molecule has 0 spiro atoms. The van der Waals surface area contributed by atoms with Crippen LogP contribution in [0.2, 0.25) is 0 Å². The van der Waals surface area contributed by atoms with Gasteiger partial charge in [0.05, 0.1) is 5.69 Å². The highest BCUT2D eigenvalue weighted by molar-refractivity contribution is 5.94. The number of allylic oxidation sites excluding steroid dienone is 4. The minimum Gasteiger partial charge on any atom is -0.489 e. The normalized spacial score (nSPS) is 20.5. The lowest BCUT2D eigenvalue weighted by Crippen LogP contribution is -2.47. The first-order valence-electron chi connectivity index (χ1n) is 18.8. The Bertz CT molecular complexity index is 1990. The van der Waals surface area contributed by atoms with Gasteiger partial charge in [0.2, 0.25) is 0 Å². The predicted octanol–water partition coefficient (Wildman–Crippen LogP) is 8.93. The smallest absolute Gasteiger partial charge is 0.435 e. The Hall–Kier alpha value is -5.10. The summed E-state index contributed by atoms with van der Waals surface area (Å²) in [5, 5.41) is 13.2. The highest BCUT2D eigenvalue weighted by atomic mass is 19.4. The molecule has 1 fully saturated rings. The Morgan fingerprint density at radius 2 is 1.76 bits per heavy atom. The van der Waals surface area contributed by atoms with Crippen molar-refractivity contribution in [3.8, 4) is 5.69 Å². The molecule has 3 aliphatic rings. The molecule has 1 aromatic heterocycles. The highest BCUT2D eigenvalue weighted by Crippen LogP contribution is 2.42. The summed E-state index contributed by atoms with van der Waals surface area (Å²) >= 11 is 0. The van der Waals surface area contributed by atoms with E-state index in [0.29, 0.717) is 36.1 Å². The number of hydrogen-bond donors (Lipinski definition) is 3. The van der Waals surface area contributed by atoms with E-state index in [1.54, 1.807) is 51.1 Å². The second kappa shape index (κ2) is 16.3. The van der Waals surface area contributed by atoms with Crippen molar-refractivity contribution in [2.75, 3.05) is 6.54 Å². The average Bonchev–Trinajstić information content (AvgIpc) is 3.83. The van der Waals surface area contributed by atoms with Gasteiger partial charge in [0.1, 0.15) is 23.7 Å². The Balaban J connectivity index is 1.27. The summed E-state index contributed by atoms with van der Waals surface area (Å²) < 4.78 is 54.9. The molecule has 1 saturated carbocycles. The van der Waals surface area contributed by atoms with Gasteiger partial charge >= 0.3 is 12.3 Å². The molecule has 3 unspecified atom stereocenters. The Morgan fingerprint density at radius 1 is 1.02 bits per heavy atom. The molecule has 3 N–H and O–H groups in total. The molecule has 6 rings (SSSR count). The molecule has 9 nitrogen and oxygen atoms in total.